The summed E-state index contributed by atoms with van der Waals surface area (Å²) in [6, 6.07) is 57.3. The van der Waals surface area contributed by atoms with E-state index < -0.39 is 20.0 Å². The molecule has 28 heteroatoms. The number of nitrogens with two attached hydrogens (primary N) is 4. The first-order valence-electron chi connectivity index (χ1n) is 31.0. The summed E-state index contributed by atoms with van der Waals surface area (Å²) in [5.74, 6) is 4.72. The molecule has 26 nitrogen and oxygen atoms in total. The Balaban J connectivity index is 0.000000202. The SMILES string of the molecule is COc1ccc(CN(Cc2ccc(OC)cc2)S(=O)(=O)c2cccc(-c3cnc(N)c(N)c3)c2-c2nnn(Cc3ccc(OC)cc3)n2)cc1.COc1ccc(CN(Cc2ccc(OC)cc2)S(=O)(=O)c2cccc(-c3cnc(N)c(N)c3)c2-c2nnnn2Cc2ccc(OC)cc2)cc1. The highest BCUT2D eigenvalue weighted by Gasteiger charge is 2.34. The van der Waals surface area contributed by atoms with Crippen LogP contribution in [-0.4, -0.2) is 118 Å². The highest BCUT2D eigenvalue weighted by Crippen LogP contribution is 2.41. The number of nitrogen functional groups attached to an aromatic ring is 4. The quantitative estimate of drug-likeness (QED) is 0.0391. The number of hydrogen-bond acceptors (Lipinski definition) is 22. The third kappa shape index (κ3) is 16.0. The van der Waals surface area contributed by atoms with Gasteiger partial charge in [-0.2, -0.15) is 13.4 Å². The minimum atomic E-state index is -4.26. The Morgan fingerprint density at radius 1 is 0.400 bits per heavy atom. The first kappa shape index (κ1) is 69.4. The molecule has 0 bridgehead atoms. The number of aromatic nitrogens is 10. The van der Waals surface area contributed by atoms with E-state index in [4.69, 9.17) is 51.4 Å². The molecule has 0 amide bonds. The van der Waals surface area contributed by atoms with Crippen LogP contribution in [0, 0.1) is 0 Å². The highest BCUT2D eigenvalue weighted by molar-refractivity contribution is 7.89. The summed E-state index contributed by atoms with van der Waals surface area (Å²) < 4.78 is 96.3. The van der Waals surface area contributed by atoms with Gasteiger partial charge in [0.15, 0.2) is 5.82 Å². The second-order valence-corrected chi connectivity index (χ2v) is 26.5. The number of nitrogens with zero attached hydrogens (tertiary/aromatic N) is 12. The molecule has 12 aromatic rings. The molecule has 0 saturated heterocycles. The molecule has 0 aliphatic heterocycles. The Morgan fingerprint density at radius 3 is 1.10 bits per heavy atom. The van der Waals surface area contributed by atoms with E-state index in [9.17, 15) is 8.42 Å². The molecule has 512 valence electrons. The Morgan fingerprint density at radius 2 is 0.740 bits per heavy atom. The number of tetrazole rings is 2. The van der Waals surface area contributed by atoms with Crippen LogP contribution in [0.4, 0.5) is 23.0 Å². The van der Waals surface area contributed by atoms with Crippen LogP contribution in [0.1, 0.15) is 33.4 Å². The summed E-state index contributed by atoms with van der Waals surface area (Å²) in [5, 5.41) is 25.9. The molecule has 100 heavy (non-hydrogen) atoms. The molecule has 0 radical (unpaired) electrons. The molecule has 4 heterocycles. The fourth-order valence-corrected chi connectivity index (χ4v) is 14.1. The summed E-state index contributed by atoms with van der Waals surface area (Å²) in [6.07, 6.45) is 3.08. The Labute approximate surface area is 578 Å². The fraction of sp³-hybridized carbons (Fsp3) is 0.167. The molecule has 0 saturated carbocycles. The predicted octanol–water partition coefficient (Wildman–Crippen LogP) is 10.1. The second-order valence-electron chi connectivity index (χ2n) is 22.7. The smallest absolute Gasteiger partial charge is 0.244 e. The number of pyridine rings is 2. The molecular weight excluding hydrogens is 1310 g/mol. The monoisotopic (exact) mass is 1380 g/mol. The van der Waals surface area contributed by atoms with Crippen LogP contribution in [0.25, 0.3) is 45.0 Å². The van der Waals surface area contributed by atoms with Gasteiger partial charge in [0, 0.05) is 55.3 Å². The van der Waals surface area contributed by atoms with E-state index >= 15 is 8.42 Å². The van der Waals surface area contributed by atoms with E-state index in [0.29, 0.717) is 57.5 Å². The molecule has 0 fully saturated rings. The fourth-order valence-electron chi connectivity index (χ4n) is 10.9. The molecule has 8 aromatic carbocycles. The summed E-state index contributed by atoms with van der Waals surface area (Å²) >= 11 is 0. The third-order valence-corrected chi connectivity index (χ3v) is 20.0. The Kier molecular flexibility index (Phi) is 21.5. The summed E-state index contributed by atoms with van der Waals surface area (Å²) in [5.41, 5.74) is 32.1. The summed E-state index contributed by atoms with van der Waals surface area (Å²) in [4.78, 5) is 9.88. The number of benzene rings is 8. The molecular formula is C72H72N16O10S2. The van der Waals surface area contributed by atoms with Gasteiger partial charge in [-0.1, -0.05) is 97.1 Å². The van der Waals surface area contributed by atoms with Gasteiger partial charge in [0.25, 0.3) is 0 Å². The standard InChI is InChI=1S/2C36H36N8O5S/c1-47-28-13-7-24(8-14-28)21-43(22-25-9-15-29(48-2)16-10-25)50(45,46)33-6-4-5-31(27-19-32(37)35(38)39-20-27)34(33)36-40-41-42-44(36)23-26-11-17-30(49-3)18-12-26;1-47-28-13-7-24(8-14-28)21-43(22-25-9-15-29(48-2)16-10-25)50(45,46)33-6-4-5-31(27-19-32(37)35(38)39-20-27)34(33)36-40-42-44(41-36)23-26-11-17-30(49-3)18-12-26/h2*4-20H,21-23,37H2,1-3H3,(H2,38,39). The normalized spacial score (nSPS) is 11.4. The molecule has 0 aliphatic rings. The lowest BCUT2D eigenvalue weighted by Crippen LogP contribution is -2.31. The molecule has 0 spiro atoms. The molecule has 8 N–H and O–H groups in total. The van der Waals surface area contributed by atoms with Crippen molar-refractivity contribution in [2.75, 3.05) is 65.6 Å². The van der Waals surface area contributed by atoms with Crippen molar-refractivity contribution >= 4 is 43.1 Å². The van der Waals surface area contributed by atoms with Crippen LogP contribution in [0.3, 0.4) is 0 Å². The van der Waals surface area contributed by atoms with E-state index in [1.165, 1.54) is 19.6 Å². The predicted molar refractivity (Wildman–Crippen MR) is 380 cm³/mol. The first-order valence-corrected chi connectivity index (χ1v) is 33.9. The first-order chi connectivity index (χ1) is 48.4. The number of methoxy groups -OCH3 is 6. The number of ether oxygens (including phenoxy) is 6. The van der Waals surface area contributed by atoms with Gasteiger partial charge in [0.2, 0.25) is 25.9 Å². The Hall–Kier alpha value is -12.0. The van der Waals surface area contributed by atoms with E-state index in [0.717, 1.165) is 39.1 Å². The van der Waals surface area contributed by atoms with Gasteiger partial charge >= 0.3 is 0 Å². The maximum atomic E-state index is 15.1. The number of hydrogen-bond donors (Lipinski definition) is 4. The van der Waals surface area contributed by atoms with Crippen molar-refractivity contribution in [1.29, 1.82) is 0 Å². The van der Waals surface area contributed by atoms with Crippen molar-refractivity contribution in [3.63, 3.8) is 0 Å². The van der Waals surface area contributed by atoms with Crippen LogP contribution in [-0.2, 0) is 59.3 Å². The van der Waals surface area contributed by atoms with Gasteiger partial charge in [0.1, 0.15) is 46.1 Å². The van der Waals surface area contributed by atoms with Gasteiger partial charge in [-0.05, 0) is 157 Å². The van der Waals surface area contributed by atoms with Gasteiger partial charge < -0.3 is 51.4 Å². The minimum Gasteiger partial charge on any atom is -0.497 e. The molecule has 0 aliphatic carbocycles. The van der Waals surface area contributed by atoms with Gasteiger partial charge in [-0.25, -0.2) is 31.5 Å². The Bertz CT molecular complexity index is 4910. The van der Waals surface area contributed by atoms with Gasteiger partial charge in [-0.3, -0.25) is 0 Å². The molecule has 0 atom stereocenters. The van der Waals surface area contributed by atoms with E-state index in [1.807, 2.05) is 97.1 Å². The van der Waals surface area contributed by atoms with Crippen molar-refractivity contribution in [3.05, 3.63) is 240 Å². The summed E-state index contributed by atoms with van der Waals surface area (Å²) in [7, 11) is 0.999. The second kappa shape index (κ2) is 31.0. The summed E-state index contributed by atoms with van der Waals surface area (Å²) in [6.45, 7) is 0.804. The third-order valence-electron chi connectivity index (χ3n) is 16.3. The number of anilines is 4. The maximum Gasteiger partial charge on any atom is 0.244 e. The van der Waals surface area contributed by atoms with Crippen LogP contribution >= 0.6 is 0 Å². The largest absolute Gasteiger partial charge is 0.497 e. The van der Waals surface area contributed by atoms with Crippen LogP contribution < -0.4 is 51.4 Å². The van der Waals surface area contributed by atoms with Crippen molar-refractivity contribution in [2.24, 2.45) is 0 Å². The lowest BCUT2D eigenvalue weighted by atomic mass is 10.00. The van der Waals surface area contributed by atoms with Gasteiger partial charge in [0.05, 0.1) is 82.5 Å². The zero-order valence-electron chi connectivity index (χ0n) is 55.4. The van der Waals surface area contributed by atoms with Crippen molar-refractivity contribution in [1.82, 2.24) is 59.0 Å². The van der Waals surface area contributed by atoms with Crippen LogP contribution in [0.2, 0.25) is 0 Å². The topological polar surface area (TPSA) is 347 Å². The van der Waals surface area contributed by atoms with Crippen molar-refractivity contribution in [2.45, 2.75) is 49.1 Å². The zero-order chi connectivity index (χ0) is 70.5. The van der Waals surface area contributed by atoms with Gasteiger partial charge in [-0.15, -0.1) is 15.3 Å². The lowest BCUT2D eigenvalue weighted by Gasteiger charge is -2.25. The van der Waals surface area contributed by atoms with Crippen molar-refractivity contribution < 1.29 is 45.3 Å². The average molecular weight is 1390 g/mol. The molecule has 12 rings (SSSR count). The van der Waals surface area contributed by atoms with E-state index in [1.54, 1.807) is 151 Å². The highest BCUT2D eigenvalue weighted by atomic mass is 32.2. The molecule has 0 unspecified atom stereocenters. The van der Waals surface area contributed by atoms with Crippen molar-refractivity contribution in [3.8, 4) is 79.5 Å². The van der Waals surface area contributed by atoms with E-state index in [-0.39, 0.29) is 88.3 Å². The zero-order valence-corrected chi connectivity index (χ0v) is 57.1. The van der Waals surface area contributed by atoms with Crippen LogP contribution in [0.5, 0.6) is 34.5 Å². The maximum absolute atomic E-state index is 15.1. The van der Waals surface area contributed by atoms with E-state index in [2.05, 4.69) is 40.9 Å². The molecule has 4 aromatic heterocycles. The number of rotatable bonds is 26. The average Bonchev–Trinajstić information content (AvgIpc) is 1.25. The van der Waals surface area contributed by atoms with Crippen LogP contribution in [0.15, 0.2) is 216 Å². The minimum absolute atomic E-state index is 0.00167. The lowest BCUT2D eigenvalue weighted by molar-refractivity contribution is 0.397. The number of sulfonamides is 2.